The van der Waals surface area contributed by atoms with Gasteiger partial charge >= 0.3 is 0 Å². The minimum atomic E-state index is -0.231. The lowest BCUT2D eigenvalue weighted by atomic mass is 9.92. The van der Waals surface area contributed by atoms with Gasteiger partial charge < -0.3 is 20.2 Å². The molecular weight excluding hydrogens is 484 g/mol. The van der Waals surface area contributed by atoms with Gasteiger partial charge in [-0.05, 0) is 103 Å². The van der Waals surface area contributed by atoms with Crippen LogP contribution in [0.4, 0.5) is 22.7 Å². The SMILES string of the molecule is CCCCCC1=C(Nc2ccc(N(CC)C(C)C)cc2)C(=O)C=C(O)/C1=N/c1ccc(N(CC)C(C)C)cc1. The number of nitrogens with zero attached hydrogens (tertiary/aromatic N) is 3. The Morgan fingerprint density at radius 2 is 1.36 bits per heavy atom. The molecule has 39 heavy (non-hydrogen) atoms. The highest BCUT2D eigenvalue weighted by molar-refractivity contribution is 6.25. The average Bonchev–Trinajstić information content (AvgIpc) is 2.90. The van der Waals surface area contributed by atoms with Gasteiger partial charge in [0.25, 0.3) is 0 Å². The van der Waals surface area contributed by atoms with E-state index >= 15 is 0 Å². The molecule has 1 aliphatic rings. The Morgan fingerprint density at radius 3 is 1.85 bits per heavy atom. The van der Waals surface area contributed by atoms with Gasteiger partial charge in [-0.15, -0.1) is 0 Å². The van der Waals surface area contributed by atoms with E-state index in [9.17, 15) is 9.90 Å². The molecule has 1 aliphatic carbocycles. The predicted molar refractivity (Wildman–Crippen MR) is 167 cm³/mol. The number of allylic oxidation sites excluding steroid dienone is 2. The van der Waals surface area contributed by atoms with Gasteiger partial charge in [-0.1, -0.05) is 19.8 Å². The molecule has 6 nitrogen and oxygen atoms in total. The highest BCUT2D eigenvalue weighted by atomic mass is 16.3. The molecule has 2 aromatic carbocycles. The topological polar surface area (TPSA) is 68.2 Å². The van der Waals surface area contributed by atoms with Crippen LogP contribution in [0.1, 0.15) is 74.1 Å². The van der Waals surface area contributed by atoms with Crippen molar-refractivity contribution in [3.05, 3.63) is 71.6 Å². The monoisotopic (exact) mass is 530 g/mol. The van der Waals surface area contributed by atoms with E-state index in [1.54, 1.807) is 0 Å². The molecular formula is C33H46N4O2. The summed E-state index contributed by atoms with van der Waals surface area (Å²) in [6.07, 6.45) is 4.95. The normalized spacial score (nSPS) is 14.8. The highest BCUT2D eigenvalue weighted by Crippen LogP contribution is 2.30. The molecule has 0 aliphatic heterocycles. The Labute approximate surface area is 235 Å². The Hall–Kier alpha value is -3.54. The zero-order valence-corrected chi connectivity index (χ0v) is 24.8. The van der Waals surface area contributed by atoms with Gasteiger partial charge in [-0.25, -0.2) is 4.99 Å². The molecule has 0 saturated heterocycles. The molecule has 0 fully saturated rings. The van der Waals surface area contributed by atoms with Crippen LogP contribution in [0, 0.1) is 0 Å². The smallest absolute Gasteiger partial charge is 0.206 e. The summed E-state index contributed by atoms with van der Waals surface area (Å²) in [6.45, 7) is 17.0. The van der Waals surface area contributed by atoms with E-state index in [0.717, 1.165) is 60.7 Å². The minimum Gasteiger partial charge on any atom is -0.506 e. The van der Waals surface area contributed by atoms with Gasteiger partial charge in [0.2, 0.25) is 5.78 Å². The molecule has 210 valence electrons. The second-order valence-corrected chi connectivity index (χ2v) is 10.6. The maximum atomic E-state index is 13.2. The summed E-state index contributed by atoms with van der Waals surface area (Å²) in [7, 11) is 0. The van der Waals surface area contributed by atoms with Crippen LogP contribution >= 0.6 is 0 Å². The molecule has 0 bridgehead atoms. The Balaban J connectivity index is 1.98. The maximum Gasteiger partial charge on any atom is 0.206 e. The lowest BCUT2D eigenvalue weighted by molar-refractivity contribution is -0.111. The van der Waals surface area contributed by atoms with Crippen LogP contribution in [-0.4, -0.2) is 41.8 Å². The van der Waals surface area contributed by atoms with E-state index in [0.29, 0.717) is 29.9 Å². The number of aliphatic hydroxyl groups is 1. The number of anilines is 3. The largest absolute Gasteiger partial charge is 0.506 e. The predicted octanol–water partition coefficient (Wildman–Crippen LogP) is 8.20. The van der Waals surface area contributed by atoms with Crippen LogP contribution in [0.5, 0.6) is 0 Å². The van der Waals surface area contributed by atoms with Crippen molar-refractivity contribution in [1.82, 2.24) is 0 Å². The van der Waals surface area contributed by atoms with Gasteiger partial charge in [-0.2, -0.15) is 0 Å². The standard InChI is InChI=1S/C33H46N4O2/c1-8-11-12-13-29-32(34-25-14-18-27(19-15-25)36(9-2)23(4)5)30(38)22-31(39)33(29)35-26-16-20-28(21-17-26)37(10-3)24(6)7/h14-24,34,39H,8-13H2,1-7H3/b35-33+. The number of rotatable bonds is 13. The summed E-state index contributed by atoms with van der Waals surface area (Å²) in [5.74, 6) is -0.311. The summed E-state index contributed by atoms with van der Waals surface area (Å²) in [4.78, 5) is 22.6. The van der Waals surface area contributed by atoms with Crippen molar-refractivity contribution < 1.29 is 9.90 Å². The zero-order chi connectivity index (χ0) is 28.5. The molecule has 3 rings (SSSR count). The van der Waals surface area contributed by atoms with E-state index in [4.69, 9.17) is 4.99 Å². The van der Waals surface area contributed by atoms with E-state index < -0.39 is 0 Å². The van der Waals surface area contributed by atoms with Gasteiger partial charge in [0.15, 0.2) is 0 Å². The van der Waals surface area contributed by atoms with Crippen molar-refractivity contribution in [3.63, 3.8) is 0 Å². The van der Waals surface area contributed by atoms with Gasteiger partial charge in [0, 0.05) is 53.9 Å². The molecule has 0 saturated carbocycles. The number of hydrogen-bond acceptors (Lipinski definition) is 6. The Kier molecular flexibility index (Phi) is 10.8. The Bertz CT molecular complexity index is 1190. The molecule has 0 spiro atoms. The molecule has 2 N–H and O–H groups in total. The molecule has 0 heterocycles. The van der Waals surface area contributed by atoms with E-state index in [2.05, 4.69) is 87.8 Å². The lowest BCUT2D eigenvalue weighted by Gasteiger charge is -2.28. The first-order chi connectivity index (χ1) is 18.7. The van der Waals surface area contributed by atoms with Crippen LogP contribution in [-0.2, 0) is 4.79 Å². The third-order valence-electron chi connectivity index (χ3n) is 7.19. The van der Waals surface area contributed by atoms with Crippen LogP contribution in [0.2, 0.25) is 0 Å². The van der Waals surface area contributed by atoms with Crippen molar-refractivity contribution in [2.75, 3.05) is 28.2 Å². The second kappa shape index (κ2) is 14.0. The minimum absolute atomic E-state index is 0.0793. The number of aliphatic hydroxyl groups excluding tert-OH is 1. The highest BCUT2D eigenvalue weighted by Gasteiger charge is 2.27. The maximum absolute atomic E-state index is 13.2. The number of ketones is 1. The average molecular weight is 531 g/mol. The number of nitrogens with one attached hydrogen (secondary N) is 1. The number of aliphatic imine (C=N–C) groups is 1. The number of hydrogen-bond donors (Lipinski definition) is 2. The molecule has 6 heteroatoms. The van der Waals surface area contributed by atoms with E-state index in [-0.39, 0.29) is 11.5 Å². The fourth-order valence-electron chi connectivity index (χ4n) is 5.16. The first kappa shape index (κ1) is 30.0. The van der Waals surface area contributed by atoms with Gasteiger partial charge in [0.1, 0.15) is 11.5 Å². The molecule has 0 unspecified atom stereocenters. The number of unbranched alkanes of at least 4 members (excludes halogenated alkanes) is 2. The van der Waals surface area contributed by atoms with Crippen LogP contribution in [0.3, 0.4) is 0 Å². The van der Waals surface area contributed by atoms with Gasteiger partial charge in [-0.3, -0.25) is 4.79 Å². The number of carbonyl (C=O) groups excluding carboxylic acids is 1. The number of carbonyl (C=O) groups is 1. The fraction of sp³-hybridized carbons (Fsp3) is 0.455. The van der Waals surface area contributed by atoms with Crippen LogP contribution < -0.4 is 15.1 Å². The van der Waals surface area contributed by atoms with Crippen molar-refractivity contribution in [3.8, 4) is 0 Å². The van der Waals surface area contributed by atoms with Crippen LogP contribution in [0.25, 0.3) is 0 Å². The van der Waals surface area contributed by atoms with Crippen molar-refractivity contribution >= 4 is 34.2 Å². The summed E-state index contributed by atoms with van der Waals surface area (Å²) in [5, 5.41) is 14.2. The van der Waals surface area contributed by atoms with Crippen LogP contribution in [0.15, 0.2) is 76.6 Å². The summed E-state index contributed by atoms with van der Waals surface area (Å²) >= 11 is 0. The lowest BCUT2D eigenvalue weighted by Crippen LogP contribution is -2.30. The van der Waals surface area contributed by atoms with Crippen molar-refractivity contribution in [2.45, 2.75) is 86.2 Å². The van der Waals surface area contributed by atoms with Crippen molar-refractivity contribution in [2.24, 2.45) is 4.99 Å². The first-order valence-corrected chi connectivity index (χ1v) is 14.5. The molecule has 0 amide bonds. The molecule has 0 radical (unpaired) electrons. The van der Waals surface area contributed by atoms with E-state index in [1.807, 2.05) is 24.3 Å². The third-order valence-corrected chi connectivity index (χ3v) is 7.19. The third kappa shape index (κ3) is 7.53. The number of benzene rings is 2. The molecule has 0 atom stereocenters. The fourth-order valence-corrected chi connectivity index (χ4v) is 5.16. The first-order valence-electron chi connectivity index (χ1n) is 14.5. The molecule has 2 aromatic rings. The van der Waals surface area contributed by atoms with Crippen molar-refractivity contribution in [1.29, 1.82) is 0 Å². The summed E-state index contributed by atoms with van der Waals surface area (Å²) in [6, 6.07) is 17.0. The zero-order valence-electron chi connectivity index (χ0n) is 24.8. The summed E-state index contributed by atoms with van der Waals surface area (Å²) < 4.78 is 0. The second-order valence-electron chi connectivity index (χ2n) is 10.6. The molecule has 0 aromatic heterocycles. The van der Waals surface area contributed by atoms with E-state index in [1.165, 1.54) is 6.08 Å². The quantitative estimate of drug-likeness (QED) is 0.202. The Morgan fingerprint density at radius 1 is 0.821 bits per heavy atom. The summed E-state index contributed by atoms with van der Waals surface area (Å²) in [5.41, 5.74) is 5.57. The van der Waals surface area contributed by atoms with Gasteiger partial charge in [0.05, 0.1) is 11.4 Å².